The zero-order valence-corrected chi connectivity index (χ0v) is 42.5. The Hall–Kier alpha value is -1.89. The summed E-state index contributed by atoms with van der Waals surface area (Å²) < 4.78 is 42.7. The van der Waals surface area contributed by atoms with Crippen LogP contribution in [0.4, 0.5) is 0 Å². The summed E-state index contributed by atoms with van der Waals surface area (Å²) in [4.78, 5) is 49.2. The second-order valence-electron chi connectivity index (χ2n) is 21.9. The van der Waals surface area contributed by atoms with E-state index in [9.17, 15) is 19.2 Å². The first-order valence-electron chi connectivity index (χ1n) is 21.9. The lowest BCUT2D eigenvalue weighted by Crippen LogP contribution is -2.52. The van der Waals surface area contributed by atoms with Gasteiger partial charge in [-0.05, 0) is 131 Å². The van der Waals surface area contributed by atoms with Crippen molar-refractivity contribution in [1.82, 2.24) is 5.32 Å². The zero-order chi connectivity index (χ0) is 44.9. The minimum atomic E-state index is -2.41. The number of hydrogen-bond acceptors (Lipinski definition) is 11. The van der Waals surface area contributed by atoms with Crippen molar-refractivity contribution >= 4 is 49.0 Å². The molecule has 2 fully saturated rings. The van der Waals surface area contributed by atoms with Crippen LogP contribution in [-0.2, 0) is 51.1 Å². The fraction of sp³-hybridized carbons (Fsp3) is 0.864. The standard InChI is InChI=1S/C44H83NO11Si3/c1-16-38(47)51-23-24-52-39(48)18-21-44(8)29-36(28-42(5,6)33-44)54-37(30-50-22-17-25-59(15,55-57(9,10)11)56-58(12,13)14)31-53-40(49)19-20-43(7)27-35(45-34(2)46)26-41(3,4)32-43/h16,35-37H,1,17-33H2,2-15H3,(H,45,46). The summed E-state index contributed by atoms with van der Waals surface area (Å²) in [6.45, 7) is 34.6. The Bertz CT molecular complexity index is 1380. The van der Waals surface area contributed by atoms with E-state index in [0.717, 1.165) is 57.1 Å². The number of ether oxygens (including phenoxy) is 5. The van der Waals surface area contributed by atoms with Gasteiger partial charge in [-0.3, -0.25) is 14.4 Å². The molecule has 5 atom stereocenters. The maximum absolute atomic E-state index is 13.4. The third-order valence-corrected chi connectivity index (χ3v) is 20.6. The van der Waals surface area contributed by atoms with Gasteiger partial charge in [0.15, 0.2) is 16.6 Å². The van der Waals surface area contributed by atoms with Gasteiger partial charge in [-0.15, -0.1) is 0 Å². The van der Waals surface area contributed by atoms with Crippen molar-refractivity contribution in [3.05, 3.63) is 12.7 Å². The van der Waals surface area contributed by atoms with E-state index in [1.807, 2.05) is 0 Å². The molecule has 0 spiro atoms. The van der Waals surface area contributed by atoms with Crippen LogP contribution in [0.1, 0.15) is 119 Å². The number of esters is 3. The van der Waals surface area contributed by atoms with Crippen LogP contribution in [0.15, 0.2) is 12.7 Å². The second kappa shape index (κ2) is 22.5. The number of rotatable bonds is 25. The Morgan fingerprint density at radius 3 is 1.78 bits per heavy atom. The van der Waals surface area contributed by atoms with Crippen molar-refractivity contribution in [2.24, 2.45) is 21.7 Å². The van der Waals surface area contributed by atoms with Gasteiger partial charge in [-0.25, -0.2) is 4.79 Å². The van der Waals surface area contributed by atoms with Crippen LogP contribution in [0.3, 0.4) is 0 Å². The summed E-state index contributed by atoms with van der Waals surface area (Å²) in [6.07, 6.45) is 8.27. The van der Waals surface area contributed by atoms with Crippen LogP contribution >= 0.6 is 0 Å². The molecule has 0 aliphatic heterocycles. The molecule has 5 unspecified atom stereocenters. The van der Waals surface area contributed by atoms with E-state index >= 15 is 0 Å². The van der Waals surface area contributed by atoms with Gasteiger partial charge in [0.05, 0.1) is 12.7 Å². The van der Waals surface area contributed by atoms with E-state index < -0.39 is 37.3 Å². The Balaban J connectivity index is 2.12. The van der Waals surface area contributed by atoms with Gasteiger partial charge in [0.1, 0.15) is 25.9 Å². The Kier molecular flexibility index (Phi) is 20.3. The lowest BCUT2D eigenvalue weighted by molar-refractivity contribution is -0.160. The van der Waals surface area contributed by atoms with E-state index in [1.54, 1.807) is 6.92 Å². The summed E-state index contributed by atoms with van der Waals surface area (Å²) >= 11 is 0. The van der Waals surface area contributed by atoms with Crippen LogP contribution in [0.2, 0.25) is 51.9 Å². The van der Waals surface area contributed by atoms with Crippen molar-refractivity contribution in [2.75, 3.05) is 33.0 Å². The van der Waals surface area contributed by atoms with Crippen LogP contribution in [0.5, 0.6) is 0 Å². The molecule has 0 radical (unpaired) electrons. The van der Waals surface area contributed by atoms with Crippen LogP contribution in [0.25, 0.3) is 0 Å². The Labute approximate surface area is 360 Å². The van der Waals surface area contributed by atoms with Crippen molar-refractivity contribution in [1.29, 1.82) is 0 Å². The molecule has 0 heterocycles. The highest BCUT2D eigenvalue weighted by Gasteiger charge is 2.44. The molecule has 0 aromatic carbocycles. The van der Waals surface area contributed by atoms with Gasteiger partial charge in [-0.2, -0.15) is 0 Å². The van der Waals surface area contributed by atoms with E-state index in [4.69, 9.17) is 31.9 Å². The first-order valence-corrected chi connectivity index (χ1v) is 31.3. The number of nitrogens with one attached hydrogen (secondary N) is 1. The predicted molar refractivity (Wildman–Crippen MR) is 240 cm³/mol. The summed E-state index contributed by atoms with van der Waals surface area (Å²) in [5, 5.41) is 3.12. The third kappa shape index (κ3) is 22.7. The SMILES string of the molecule is C=CC(=O)OCCOC(=O)CCC1(C)CC(OC(COCCC[Si](C)(O[Si](C)(C)C)O[Si](C)(C)C)COC(=O)CCC2(C)CC(NC(C)=O)CC(C)(C)C2)CC(C)(C)C1. The fourth-order valence-electron chi connectivity index (χ4n) is 10.1. The lowest BCUT2D eigenvalue weighted by atomic mass is 9.61. The Morgan fingerprint density at radius 2 is 1.24 bits per heavy atom. The minimum absolute atomic E-state index is 0.000311. The summed E-state index contributed by atoms with van der Waals surface area (Å²) in [7, 11) is -6.07. The molecular weight excluding hydrogens is 803 g/mol. The van der Waals surface area contributed by atoms with Gasteiger partial charge >= 0.3 is 26.5 Å². The highest BCUT2D eigenvalue weighted by Crippen LogP contribution is 2.50. The first kappa shape index (κ1) is 53.2. The van der Waals surface area contributed by atoms with Gasteiger partial charge in [0.2, 0.25) is 5.91 Å². The number of carbonyl (C=O) groups excluding carboxylic acids is 4. The van der Waals surface area contributed by atoms with Crippen molar-refractivity contribution in [3.8, 4) is 0 Å². The average molecular weight is 886 g/mol. The van der Waals surface area contributed by atoms with Gasteiger partial charge < -0.3 is 37.2 Å². The number of carbonyl (C=O) groups is 4. The molecule has 2 rings (SSSR count). The predicted octanol–water partition coefficient (Wildman–Crippen LogP) is 9.24. The topological polar surface area (TPSA) is 145 Å². The Morgan fingerprint density at radius 1 is 0.712 bits per heavy atom. The maximum Gasteiger partial charge on any atom is 0.330 e. The maximum atomic E-state index is 13.4. The van der Waals surface area contributed by atoms with Gasteiger partial charge in [0, 0.05) is 38.5 Å². The van der Waals surface area contributed by atoms with Gasteiger partial charge in [0.25, 0.3) is 0 Å². The molecule has 12 nitrogen and oxygen atoms in total. The quantitative estimate of drug-likeness (QED) is 0.0308. The molecule has 2 saturated carbocycles. The summed E-state index contributed by atoms with van der Waals surface area (Å²) in [5.74, 6) is -1.17. The molecule has 342 valence electrons. The molecule has 1 amide bonds. The first-order chi connectivity index (χ1) is 26.9. The van der Waals surface area contributed by atoms with Crippen LogP contribution < -0.4 is 5.32 Å². The lowest BCUT2D eigenvalue weighted by Gasteiger charge is -2.47. The fourth-order valence-corrected chi connectivity index (χ4v) is 22.6. The van der Waals surface area contributed by atoms with Crippen molar-refractivity contribution in [2.45, 2.75) is 189 Å². The highest BCUT2D eigenvalue weighted by atomic mass is 28.5. The van der Waals surface area contributed by atoms with Crippen molar-refractivity contribution < 1.29 is 51.1 Å². The molecule has 59 heavy (non-hydrogen) atoms. The van der Waals surface area contributed by atoms with E-state index in [2.05, 4.69) is 99.3 Å². The van der Waals surface area contributed by atoms with Crippen LogP contribution in [-0.4, -0.2) is 100 Å². The second-order valence-corrected chi connectivity index (χ2v) is 34.8. The average Bonchev–Trinajstić information content (AvgIpc) is 3.03. The normalized spacial score (nSPS) is 25.1. The highest BCUT2D eigenvalue weighted by molar-refractivity contribution is 6.87. The summed E-state index contributed by atoms with van der Waals surface area (Å²) in [5.41, 5.74) is -0.302. The monoisotopic (exact) mass is 886 g/mol. The molecule has 2 aliphatic carbocycles. The molecule has 0 bridgehead atoms. The minimum Gasteiger partial charge on any atom is -0.463 e. The van der Waals surface area contributed by atoms with E-state index in [1.165, 1.54) is 0 Å². The van der Waals surface area contributed by atoms with E-state index in [0.29, 0.717) is 19.4 Å². The van der Waals surface area contributed by atoms with Crippen molar-refractivity contribution in [3.63, 3.8) is 0 Å². The molecule has 0 saturated heterocycles. The smallest absolute Gasteiger partial charge is 0.330 e. The molecule has 15 heteroatoms. The molecule has 2 aliphatic rings. The van der Waals surface area contributed by atoms with E-state index in [-0.39, 0.29) is 90.9 Å². The molecule has 0 aromatic rings. The number of amides is 1. The van der Waals surface area contributed by atoms with Gasteiger partial charge in [-0.1, -0.05) is 48.1 Å². The molecule has 1 N–H and O–H groups in total. The molecule has 0 aromatic heterocycles. The third-order valence-electron chi connectivity index (χ3n) is 11.0. The molecular formula is C44H83NO11Si3. The summed E-state index contributed by atoms with van der Waals surface area (Å²) in [6, 6.07) is 0.916. The van der Waals surface area contributed by atoms with Crippen LogP contribution in [0, 0.1) is 21.7 Å². The number of hydrogen-bond donors (Lipinski definition) is 1. The zero-order valence-electron chi connectivity index (χ0n) is 39.5. The largest absolute Gasteiger partial charge is 0.463 e.